The molecule has 2 nitrogen and oxygen atoms in total. The Hall–Kier alpha value is -1.63. The lowest BCUT2D eigenvalue weighted by Crippen LogP contribution is -1.87. The average molecular weight is 155 g/mol. The van der Waals surface area contributed by atoms with E-state index < -0.39 is 11.6 Å². The minimum Gasteiger partial charge on any atom is -0.385 e. The fourth-order valence-electron chi connectivity index (χ4n) is 0.607. The van der Waals surface area contributed by atoms with E-state index >= 15 is 0 Å². The van der Waals surface area contributed by atoms with Crippen molar-refractivity contribution in [2.75, 3.05) is 0 Å². The highest BCUT2D eigenvalue weighted by molar-refractivity contribution is 5.25. The Labute approximate surface area is 61.6 Å². The van der Waals surface area contributed by atoms with Crippen molar-refractivity contribution in [3.63, 3.8) is 0 Å². The van der Waals surface area contributed by atoms with Crippen LogP contribution in [0.25, 0.3) is 0 Å². The van der Waals surface area contributed by atoms with E-state index in [9.17, 15) is 8.78 Å². The zero-order valence-electron chi connectivity index (χ0n) is 5.34. The first-order valence-electron chi connectivity index (χ1n) is 2.75. The Bertz CT molecular complexity index is 306. The van der Waals surface area contributed by atoms with Crippen molar-refractivity contribution in [2.45, 2.75) is 0 Å². The van der Waals surface area contributed by atoms with Crippen LogP contribution in [-0.4, -0.2) is 0 Å². The van der Waals surface area contributed by atoms with Crippen molar-refractivity contribution >= 4 is 0 Å². The Kier molecular flexibility index (Phi) is 2.02. The smallest absolute Gasteiger partial charge is 0.292 e. The van der Waals surface area contributed by atoms with Crippen LogP contribution in [0.2, 0.25) is 0 Å². The second-order valence-electron chi connectivity index (χ2n) is 1.77. The van der Waals surface area contributed by atoms with Gasteiger partial charge >= 0.3 is 0 Å². The number of hydrogen-bond acceptors (Lipinski definition) is 2. The van der Waals surface area contributed by atoms with E-state index in [0.717, 1.165) is 12.1 Å². The van der Waals surface area contributed by atoms with Crippen LogP contribution in [0.3, 0.4) is 0 Å². The summed E-state index contributed by atoms with van der Waals surface area (Å²) in [5.41, 5.74) is 0. The van der Waals surface area contributed by atoms with Gasteiger partial charge in [-0.25, -0.2) is 8.78 Å². The standard InChI is InChI=1S/C7H3F2NO/c8-5-1-2-7(11-4-10)6(9)3-5/h1-3H. The van der Waals surface area contributed by atoms with Crippen LogP contribution < -0.4 is 4.74 Å². The summed E-state index contributed by atoms with van der Waals surface area (Å²) in [6.07, 6.45) is 1.28. The maximum atomic E-state index is 12.5. The van der Waals surface area contributed by atoms with Gasteiger partial charge in [0, 0.05) is 6.07 Å². The van der Waals surface area contributed by atoms with E-state index in [-0.39, 0.29) is 5.75 Å². The molecule has 0 aliphatic rings. The molecule has 0 aromatic heterocycles. The number of benzene rings is 1. The van der Waals surface area contributed by atoms with Crippen LogP contribution in [0.5, 0.6) is 5.75 Å². The highest BCUT2D eigenvalue weighted by Gasteiger charge is 2.03. The van der Waals surface area contributed by atoms with Crippen LogP contribution in [0, 0.1) is 23.2 Å². The van der Waals surface area contributed by atoms with Gasteiger partial charge in [-0.1, -0.05) is 0 Å². The summed E-state index contributed by atoms with van der Waals surface area (Å²) >= 11 is 0. The molecule has 0 aliphatic carbocycles. The Morgan fingerprint density at radius 3 is 2.64 bits per heavy atom. The van der Waals surface area contributed by atoms with E-state index in [1.807, 2.05) is 0 Å². The van der Waals surface area contributed by atoms with Crippen molar-refractivity contribution in [3.8, 4) is 12.0 Å². The summed E-state index contributed by atoms with van der Waals surface area (Å²) < 4.78 is 28.9. The van der Waals surface area contributed by atoms with Crippen LogP contribution in [-0.2, 0) is 0 Å². The minimum atomic E-state index is -0.883. The quantitative estimate of drug-likeness (QED) is 0.579. The topological polar surface area (TPSA) is 33.0 Å². The largest absolute Gasteiger partial charge is 0.385 e. The molecule has 0 unspecified atom stereocenters. The summed E-state index contributed by atoms with van der Waals surface area (Å²) in [4.78, 5) is 0. The van der Waals surface area contributed by atoms with Gasteiger partial charge in [0.05, 0.1) is 0 Å². The monoisotopic (exact) mass is 155 g/mol. The zero-order valence-corrected chi connectivity index (χ0v) is 5.34. The highest BCUT2D eigenvalue weighted by atomic mass is 19.1. The summed E-state index contributed by atoms with van der Waals surface area (Å²) in [6.45, 7) is 0. The SMILES string of the molecule is N#COc1ccc(F)cc1F. The second kappa shape index (κ2) is 2.97. The van der Waals surface area contributed by atoms with E-state index in [2.05, 4.69) is 4.74 Å². The molecule has 11 heavy (non-hydrogen) atoms. The number of nitriles is 1. The van der Waals surface area contributed by atoms with Gasteiger partial charge in [0.15, 0.2) is 11.6 Å². The fraction of sp³-hybridized carbons (Fsp3) is 0. The lowest BCUT2D eigenvalue weighted by Gasteiger charge is -1.95. The van der Waals surface area contributed by atoms with Gasteiger partial charge in [-0.3, -0.25) is 0 Å². The number of halogens is 2. The molecule has 0 saturated heterocycles. The van der Waals surface area contributed by atoms with Crippen LogP contribution >= 0.6 is 0 Å². The summed E-state index contributed by atoms with van der Waals surface area (Å²) in [6, 6.07) is 2.70. The third-order valence-corrected chi connectivity index (χ3v) is 1.05. The van der Waals surface area contributed by atoms with Gasteiger partial charge in [0.25, 0.3) is 6.26 Å². The molecule has 0 saturated carbocycles. The molecule has 0 spiro atoms. The summed E-state index contributed by atoms with van der Waals surface area (Å²) in [7, 11) is 0. The van der Waals surface area contributed by atoms with Gasteiger partial charge in [-0.05, 0) is 12.1 Å². The molecule has 1 rings (SSSR count). The molecular formula is C7H3F2NO. The highest BCUT2D eigenvalue weighted by Crippen LogP contribution is 2.16. The lowest BCUT2D eigenvalue weighted by atomic mass is 10.3. The molecule has 0 heterocycles. The lowest BCUT2D eigenvalue weighted by molar-refractivity contribution is 0.455. The molecule has 0 aliphatic heterocycles. The number of hydrogen-bond donors (Lipinski definition) is 0. The molecule has 0 atom stereocenters. The van der Waals surface area contributed by atoms with E-state index in [1.54, 1.807) is 0 Å². The molecule has 0 N–H and O–H groups in total. The number of nitrogens with zero attached hydrogens (tertiary/aromatic N) is 1. The first-order valence-corrected chi connectivity index (χ1v) is 2.75. The van der Waals surface area contributed by atoms with E-state index in [1.165, 1.54) is 6.26 Å². The first-order chi connectivity index (χ1) is 5.24. The normalized spacial score (nSPS) is 8.82. The number of ether oxygens (including phenoxy) is 1. The average Bonchev–Trinajstić information content (AvgIpc) is 1.95. The molecule has 4 heteroatoms. The molecule has 0 fully saturated rings. The van der Waals surface area contributed by atoms with Crippen molar-refractivity contribution in [2.24, 2.45) is 0 Å². The first kappa shape index (κ1) is 7.48. The third-order valence-electron chi connectivity index (χ3n) is 1.05. The Balaban J connectivity index is 3.01. The maximum Gasteiger partial charge on any atom is 0.292 e. The van der Waals surface area contributed by atoms with Gasteiger partial charge in [0.2, 0.25) is 0 Å². The maximum absolute atomic E-state index is 12.5. The van der Waals surface area contributed by atoms with E-state index in [0.29, 0.717) is 6.07 Å². The fourth-order valence-corrected chi connectivity index (χ4v) is 0.607. The van der Waals surface area contributed by atoms with Crippen molar-refractivity contribution in [1.82, 2.24) is 0 Å². The number of rotatable bonds is 1. The molecule has 1 aromatic carbocycles. The van der Waals surface area contributed by atoms with Gasteiger partial charge in [-0.2, -0.15) is 0 Å². The molecule has 1 aromatic rings. The van der Waals surface area contributed by atoms with Crippen LogP contribution in [0.4, 0.5) is 8.78 Å². The van der Waals surface area contributed by atoms with Crippen molar-refractivity contribution in [1.29, 1.82) is 5.26 Å². The molecule has 0 bridgehead atoms. The third kappa shape index (κ3) is 1.64. The van der Waals surface area contributed by atoms with Crippen LogP contribution in [0.1, 0.15) is 0 Å². The zero-order chi connectivity index (χ0) is 8.27. The van der Waals surface area contributed by atoms with Gasteiger partial charge in [-0.15, -0.1) is 5.26 Å². The van der Waals surface area contributed by atoms with Crippen molar-refractivity contribution in [3.05, 3.63) is 29.8 Å². The summed E-state index contributed by atoms with van der Waals surface area (Å²) in [5, 5.41) is 7.98. The molecule has 0 radical (unpaired) electrons. The molecular weight excluding hydrogens is 152 g/mol. The van der Waals surface area contributed by atoms with Crippen LogP contribution in [0.15, 0.2) is 18.2 Å². The van der Waals surface area contributed by atoms with Gasteiger partial charge < -0.3 is 4.74 Å². The minimum absolute atomic E-state index is 0.270. The predicted molar refractivity (Wildman–Crippen MR) is 32.6 cm³/mol. The Morgan fingerprint density at radius 2 is 2.09 bits per heavy atom. The molecule has 0 amide bonds. The van der Waals surface area contributed by atoms with E-state index in [4.69, 9.17) is 5.26 Å². The molecule has 56 valence electrons. The summed E-state index contributed by atoms with van der Waals surface area (Å²) in [5.74, 6) is -1.85. The van der Waals surface area contributed by atoms with Gasteiger partial charge in [0.1, 0.15) is 5.82 Å². The second-order valence-corrected chi connectivity index (χ2v) is 1.77. The predicted octanol–water partition coefficient (Wildman–Crippen LogP) is 1.82. The van der Waals surface area contributed by atoms with Crippen molar-refractivity contribution < 1.29 is 13.5 Å². The Morgan fingerprint density at radius 1 is 1.36 bits per heavy atom.